The molecular weight excluding hydrogens is 410 g/mol. The minimum atomic E-state index is -2.67. The van der Waals surface area contributed by atoms with E-state index in [9.17, 15) is 13.6 Å². The molecule has 2 aliphatic rings. The monoisotopic (exact) mass is 434 g/mol. The first kappa shape index (κ1) is 22.5. The molecule has 146 valence electrons. The van der Waals surface area contributed by atoms with Gasteiger partial charge in [0.15, 0.2) is 0 Å². The third kappa shape index (κ3) is 8.23. The normalized spacial score (nSPS) is 20.3. The number of alkyl halides is 2. The number of likely N-dealkylation sites (tertiary alicyclic amines) is 1. The van der Waals surface area contributed by atoms with Crippen LogP contribution in [0.25, 0.3) is 0 Å². The van der Waals surface area contributed by atoms with Crippen LogP contribution in [0.4, 0.5) is 8.78 Å². The number of rotatable bonds is 2. The van der Waals surface area contributed by atoms with Gasteiger partial charge in [0.2, 0.25) is 5.91 Å². The Morgan fingerprint density at radius 2 is 2.00 bits per heavy atom. The maximum Gasteiger partial charge on any atom is 0.292 e. The second-order valence-electron chi connectivity index (χ2n) is 6.14. The SMILES string of the molecule is COC=O.Cc1ccc(Br)cc1.O=C(C1CCCN1)N1CCC(F)(F)C1. The number of carbonyl (C=O) groups is 2. The lowest BCUT2D eigenvalue weighted by molar-refractivity contribution is -0.133. The number of carbonyl (C=O) groups excluding carboxylic acids is 2. The summed E-state index contributed by atoms with van der Waals surface area (Å²) in [5, 5.41) is 3.02. The Kier molecular flexibility index (Phi) is 9.72. The van der Waals surface area contributed by atoms with Gasteiger partial charge in [0.25, 0.3) is 12.4 Å². The molecule has 2 heterocycles. The largest absolute Gasteiger partial charge is 0.471 e. The van der Waals surface area contributed by atoms with Crippen molar-refractivity contribution in [1.82, 2.24) is 10.2 Å². The smallest absolute Gasteiger partial charge is 0.292 e. The predicted octanol–water partition coefficient (Wildman–Crippen LogP) is 3.15. The van der Waals surface area contributed by atoms with Crippen LogP contribution >= 0.6 is 15.9 Å². The Morgan fingerprint density at radius 1 is 1.38 bits per heavy atom. The maximum absolute atomic E-state index is 12.8. The van der Waals surface area contributed by atoms with E-state index >= 15 is 0 Å². The lowest BCUT2D eigenvalue weighted by Gasteiger charge is -2.20. The summed E-state index contributed by atoms with van der Waals surface area (Å²) in [7, 11) is 1.31. The van der Waals surface area contributed by atoms with Gasteiger partial charge < -0.3 is 15.0 Å². The standard InChI is InChI=1S/C9H14F2N2O.C7H7Br.C2H4O2/c10-9(11)3-5-13(6-9)8(14)7-2-1-4-12-7;1-6-2-4-7(8)5-3-6;1-4-2-3/h7,12H,1-6H2;2-5H,1H3;2H,1H3. The van der Waals surface area contributed by atoms with Gasteiger partial charge in [-0.05, 0) is 38.4 Å². The molecule has 3 rings (SSSR count). The molecule has 0 aromatic heterocycles. The Morgan fingerprint density at radius 3 is 2.38 bits per heavy atom. The molecule has 1 N–H and O–H groups in total. The summed E-state index contributed by atoms with van der Waals surface area (Å²) in [5.41, 5.74) is 1.30. The second kappa shape index (κ2) is 11.2. The zero-order valence-corrected chi connectivity index (χ0v) is 16.6. The van der Waals surface area contributed by atoms with Crippen molar-refractivity contribution in [2.75, 3.05) is 26.7 Å². The van der Waals surface area contributed by atoms with Crippen molar-refractivity contribution in [3.8, 4) is 0 Å². The van der Waals surface area contributed by atoms with Gasteiger partial charge in [-0.25, -0.2) is 8.78 Å². The van der Waals surface area contributed by atoms with E-state index in [0.29, 0.717) is 6.47 Å². The number of ether oxygens (including phenoxy) is 1. The van der Waals surface area contributed by atoms with Gasteiger partial charge >= 0.3 is 0 Å². The number of halogens is 3. The maximum atomic E-state index is 12.8. The predicted molar refractivity (Wildman–Crippen MR) is 99.1 cm³/mol. The lowest BCUT2D eigenvalue weighted by Crippen LogP contribution is -2.43. The van der Waals surface area contributed by atoms with Crippen LogP contribution in [0.3, 0.4) is 0 Å². The molecule has 5 nitrogen and oxygen atoms in total. The Bertz CT molecular complexity index is 543. The number of methoxy groups -OCH3 is 1. The van der Waals surface area contributed by atoms with Crippen LogP contribution < -0.4 is 5.32 Å². The summed E-state index contributed by atoms with van der Waals surface area (Å²) < 4.78 is 30.7. The molecule has 0 aliphatic carbocycles. The second-order valence-corrected chi connectivity index (χ2v) is 7.06. The van der Waals surface area contributed by atoms with Crippen molar-refractivity contribution in [2.24, 2.45) is 0 Å². The number of hydrogen-bond donors (Lipinski definition) is 1. The summed E-state index contributed by atoms with van der Waals surface area (Å²) in [4.78, 5) is 21.9. The molecule has 26 heavy (non-hydrogen) atoms. The Hall–Kier alpha value is -1.54. The molecule has 8 heteroatoms. The third-order valence-electron chi connectivity index (χ3n) is 3.95. The molecule has 1 unspecified atom stereocenters. The van der Waals surface area contributed by atoms with Crippen molar-refractivity contribution in [2.45, 2.75) is 38.2 Å². The highest BCUT2D eigenvalue weighted by Gasteiger charge is 2.42. The highest BCUT2D eigenvalue weighted by Crippen LogP contribution is 2.27. The number of benzene rings is 1. The summed E-state index contributed by atoms with van der Waals surface area (Å²) in [5.74, 6) is -2.83. The third-order valence-corrected chi connectivity index (χ3v) is 4.48. The molecule has 0 saturated carbocycles. The number of hydrogen-bond acceptors (Lipinski definition) is 4. The summed E-state index contributed by atoms with van der Waals surface area (Å²) in [6.07, 6.45) is 1.55. The average Bonchev–Trinajstić information content (AvgIpc) is 3.27. The number of aryl methyl sites for hydroxylation is 1. The molecule has 2 aliphatic heterocycles. The van der Waals surface area contributed by atoms with Crippen LogP contribution in [0, 0.1) is 6.92 Å². The minimum Gasteiger partial charge on any atom is -0.471 e. The zero-order valence-electron chi connectivity index (χ0n) is 15.0. The van der Waals surface area contributed by atoms with Gasteiger partial charge in [-0.1, -0.05) is 33.6 Å². The van der Waals surface area contributed by atoms with Gasteiger partial charge in [0.05, 0.1) is 19.7 Å². The highest BCUT2D eigenvalue weighted by molar-refractivity contribution is 9.10. The van der Waals surface area contributed by atoms with Gasteiger partial charge in [0.1, 0.15) is 0 Å². The van der Waals surface area contributed by atoms with Gasteiger partial charge in [0, 0.05) is 17.4 Å². The van der Waals surface area contributed by atoms with Crippen LogP contribution in [0.15, 0.2) is 28.7 Å². The molecule has 2 fully saturated rings. The van der Waals surface area contributed by atoms with E-state index in [0.717, 1.165) is 23.9 Å². The quantitative estimate of drug-likeness (QED) is 0.726. The highest BCUT2D eigenvalue weighted by atomic mass is 79.9. The topological polar surface area (TPSA) is 58.6 Å². The average molecular weight is 435 g/mol. The number of amides is 1. The van der Waals surface area contributed by atoms with Crippen LogP contribution in [-0.2, 0) is 14.3 Å². The first-order chi connectivity index (χ1) is 12.3. The van der Waals surface area contributed by atoms with Gasteiger partial charge in [-0.3, -0.25) is 9.59 Å². The van der Waals surface area contributed by atoms with E-state index in [1.165, 1.54) is 17.6 Å². The Labute approximate surface area is 161 Å². The first-order valence-electron chi connectivity index (χ1n) is 8.37. The van der Waals surface area contributed by atoms with E-state index < -0.39 is 12.5 Å². The molecule has 1 aromatic carbocycles. The van der Waals surface area contributed by atoms with E-state index in [4.69, 9.17) is 4.79 Å². The van der Waals surface area contributed by atoms with Crippen LogP contribution in [-0.4, -0.2) is 56.0 Å². The van der Waals surface area contributed by atoms with E-state index in [1.54, 1.807) is 0 Å². The summed E-state index contributed by atoms with van der Waals surface area (Å²) in [6, 6.07) is 8.00. The first-order valence-corrected chi connectivity index (χ1v) is 9.17. The number of nitrogens with zero attached hydrogens (tertiary/aromatic N) is 1. The van der Waals surface area contributed by atoms with Crippen LogP contribution in [0.5, 0.6) is 0 Å². The molecule has 2 saturated heterocycles. The van der Waals surface area contributed by atoms with Crippen molar-refractivity contribution in [3.63, 3.8) is 0 Å². The van der Waals surface area contributed by atoms with Gasteiger partial charge in [-0.15, -0.1) is 0 Å². The van der Waals surface area contributed by atoms with Crippen molar-refractivity contribution in [3.05, 3.63) is 34.3 Å². The molecule has 1 aromatic rings. The molecule has 1 atom stereocenters. The number of nitrogens with one attached hydrogen (secondary N) is 1. The van der Waals surface area contributed by atoms with Crippen molar-refractivity contribution in [1.29, 1.82) is 0 Å². The summed E-state index contributed by atoms with van der Waals surface area (Å²) in [6.45, 7) is 3.07. The minimum absolute atomic E-state index is 0.153. The van der Waals surface area contributed by atoms with Crippen molar-refractivity contribution >= 4 is 28.3 Å². The van der Waals surface area contributed by atoms with Crippen LogP contribution in [0.2, 0.25) is 0 Å². The summed E-state index contributed by atoms with van der Waals surface area (Å²) >= 11 is 3.35. The zero-order chi connectivity index (χ0) is 19.6. The van der Waals surface area contributed by atoms with Gasteiger partial charge in [-0.2, -0.15) is 0 Å². The van der Waals surface area contributed by atoms with Crippen LogP contribution in [0.1, 0.15) is 24.8 Å². The molecule has 0 radical (unpaired) electrons. The fourth-order valence-electron chi connectivity index (χ4n) is 2.57. The fraction of sp³-hybridized carbons (Fsp3) is 0.556. The van der Waals surface area contributed by atoms with E-state index in [1.807, 2.05) is 12.1 Å². The van der Waals surface area contributed by atoms with E-state index in [2.05, 4.69) is 45.0 Å². The lowest BCUT2D eigenvalue weighted by atomic mass is 10.2. The van der Waals surface area contributed by atoms with E-state index in [-0.39, 0.29) is 24.9 Å². The molecule has 0 spiro atoms. The molecule has 1 amide bonds. The molecule has 0 bridgehead atoms. The van der Waals surface area contributed by atoms with Crippen molar-refractivity contribution < 1.29 is 23.1 Å². The molecular formula is C18H25BrF2N2O3. The Balaban J connectivity index is 0.000000238. The fourth-order valence-corrected chi connectivity index (χ4v) is 2.84.